The van der Waals surface area contributed by atoms with E-state index < -0.39 is 0 Å². The minimum Gasteiger partial charge on any atom is -0.374 e. The highest BCUT2D eigenvalue weighted by atomic mass is 16.5. The Bertz CT molecular complexity index is 541. The van der Waals surface area contributed by atoms with E-state index in [1.807, 2.05) is 0 Å². The average molecular weight is 361 g/mol. The molecule has 0 heterocycles. The smallest absolute Gasteiger partial charge is 0.0674 e. The van der Waals surface area contributed by atoms with Crippen LogP contribution in [0.25, 0.3) is 0 Å². The van der Waals surface area contributed by atoms with Gasteiger partial charge >= 0.3 is 0 Å². The molecule has 0 N–H and O–H groups in total. The van der Waals surface area contributed by atoms with Gasteiger partial charge in [0.25, 0.3) is 0 Å². The summed E-state index contributed by atoms with van der Waals surface area (Å²) in [4.78, 5) is 0. The molecule has 0 amide bonds. The maximum atomic E-state index is 6.37. The highest BCUT2D eigenvalue weighted by molar-refractivity contribution is 5.29. The predicted octanol–water partition coefficient (Wildman–Crippen LogP) is 7.56. The van der Waals surface area contributed by atoms with Crippen molar-refractivity contribution in [3.63, 3.8) is 0 Å². The van der Waals surface area contributed by atoms with E-state index in [4.69, 9.17) is 4.74 Å². The topological polar surface area (TPSA) is 9.23 Å². The molecule has 150 valence electrons. The molecule has 0 radical (unpaired) electrons. The van der Waals surface area contributed by atoms with E-state index in [-0.39, 0.29) is 16.4 Å². The van der Waals surface area contributed by atoms with Crippen LogP contribution in [0.5, 0.6) is 0 Å². The fourth-order valence-electron chi connectivity index (χ4n) is 3.03. The largest absolute Gasteiger partial charge is 0.374 e. The first-order chi connectivity index (χ1) is 11.7. The first-order valence-corrected chi connectivity index (χ1v) is 10.4. The van der Waals surface area contributed by atoms with Crippen LogP contribution in [-0.4, -0.2) is 12.2 Å². The van der Waals surface area contributed by atoms with Crippen molar-refractivity contribution in [2.75, 3.05) is 6.61 Å². The number of hydrogen-bond acceptors (Lipinski definition) is 1. The van der Waals surface area contributed by atoms with Crippen molar-refractivity contribution < 1.29 is 4.74 Å². The summed E-state index contributed by atoms with van der Waals surface area (Å²) in [6.45, 7) is 23.5. The number of unbranched alkanes of at least 4 members (excludes halogenated alkanes) is 1. The standard InChI is InChI=1S/C25H44O/c1-11-12-17-23(5,6)18-20-13-15-21(16-14-20)24(7,8)19-26-25(9,10)22(2,3)4/h13-16H,11-12,17-19H2,1-10H3. The van der Waals surface area contributed by atoms with Crippen LogP contribution in [0, 0.1) is 10.8 Å². The molecule has 1 nitrogen and oxygen atoms in total. The number of rotatable bonds is 9. The van der Waals surface area contributed by atoms with Gasteiger partial charge in [0.05, 0.1) is 12.2 Å². The van der Waals surface area contributed by atoms with Gasteiger partial charge in [-0.15, -0.1) is 0 Å². The third kappa shape index (κ3) is 6.72. The zero-order valence-electron chi connectivity index (χ0n) is 19.3. The zero-order valence-corrected chi connectivity index (χ0v) is 19.3. The minimum absolute atomic E-state index is 0.0127. The molecule has 0 aromatic heterocycles. The molecule has 0 aliphatic carbocycles. The van der Waals surface area contributed by atoms with Crippen LogP contribution >= 0.6 is 0 Å². The molecule has 1 aromatic carbocycles. The monoisotopic (exact) mass is 360 g/mol. The summed E-state index contributed by atoms with van der Waals surface area (Å²) in [5.41, 5.74) is 3.18. The predicted molar refractivity (Wildman–Crippen MR) is 116 cm³/mol. The molecular formula is C25H44O. The summed E-state index contributed by atoms with van der Waals surface area (Å²) in [7, 11) is 0. The molecule has 26 heavy (non-hydrogen) atoms. The lowest BCUT2D eigenvalue weighted by Crippen LogP contribution is -2.42. The molecule has 0 fully saturated rings. The summed E-state index contributed by atoms with van der Waals surface area (Å²) >= 11 is 0. The molecule has 0 unspecified atom stereocenters. The van der Waals surface area contributed by atoms with E-state index in [0.717, 1.165) is 13.0 Å². The molecule has 0 saturated heterocycles. The summed E-state index contributed by atoms with van der Waals surface area (Å²) < 4.78 is 6.37. The molecule has 0 aliphatic rings. The first-order valence-electron chi connectivity index (χ1n) is 10.4. The molecule has 1 aromatic rings. The van der Waals surface area contributed by atoms with Gasteiger partial charge in [-0.05, 0) is 48.6 Å². The van der Waals surface area contributed by atoms with Crippen LogP contribution in [0.4, 0.5) is 0 Å². The van der Waals surface area contributed by atoms with Gasteiger partial charge < -0.3 is 4.74 Å². The Morgan fingerprint density at radius 1 is 0.808 bits per heavy atom. The second-order valence-corrected chi connectivity index (χ2v) is 11.1. The van der Waals surface area contributed by atoms with E-state index in [1.54, 1.807) is 0 Å². The lowest BCUT2D eigenvalue weighted by atomic mass is 9.78. The quantitative estimate of drug-likeness (QED) is 0.441. The van der Waals surface area contributed by atoms with Gasteiger partial charge in [-0.3, -0.25) is 0 Å². The molecule has 0 bridgehead atoms. The average Bonchev–Trinajstić information content (AvgIpc) is 2.50. The van der Waals surface area contributed by atoms with Crippen molar-refractivity contribution in [3.05, 3.63) is 35.4 Å². The van der Waals surface area contributed by atoms with Gasteiger partial charge in [0.15, 0.2) is 0 Å². The highest BCUT2D eigenvalue weighted by Crippen LogP contribution is 2.35. The fourth-order valence-corrected chi connectivity index (χ4v) is 3.03. The third-order valence-electron chi connectivity index (χ3n) is 6.23. The summed E-state index contributed by atoms with van der Waals surface area (Å²) in [6.07, 6.45) is 5.05. The molecule has 0 aliphatic heterocycles. The van der Waals surface area contributed by atoms with Crippen molar-refractivity contribution in [2.24, 2.45) is 10.8 Å². The van der Waals surface area contributed by atoms with Gasteiger partial charge in [0.2, 0.25) is 0 Å². The van der Waals surface area contributed by atoms with Crippen LogP contribution < -0.4 is 0 Å². The number of benzene rings is 1. The molecule has 0 spiro atoms. The van der Waals surface area contributed by atoms with Gasteiger partial charge in [-0.1, -0.05) is 92.5 Å². The van der Waals surface area contributed by atoms with E-state index >= 15 is 0 Å². The van der Waals surface area contributed by atoms with E-state index in [0.29, 0.717) is 5.41 Å². The SMILES string of the molecule is CCCCC(C)(C)Cc1ccc(C(C)(C)COC(C)(C)C(C)(C)C)cc1. The van der Waals surface area contributed by atoms with Crippen molar-refractivity contribution in [1.29, 1.82) is 0 Å². The zero-order chi connectivity index (χ0) is 20.2. The van der Waals surface area contributed by atoms with E-state index in [9.17, 15) is 0 Å². The fraction of sp³-hybridized carbons (Fsp3) is 0.760. The summed E-state index contributed by atoms with van der Waals surface area (Å²) in [5, 5.41) is 0. The molecule has 1 heteroatoms. The molecule has 1 rings (SSSR count). The normalized spacial score (nSPS) is 13.9. The Balaban J connectivity index is 2.77. The number of hydrogen-bond donors (Lipinski definition) is 0. The highest BCUT2D eigenvalue weighted by Gasteiger charge is 2.35. The van der Waals surface area contributed by atoms with Gasteiger partial charge in [0, 0.05) is 5.41 Å². The van der Waals surface area contributed by atoms with Crippen LogP contribution in [-0.2, 0) is 16.6 Å². The second kappa shape index (κ2) is 8.46. The first kappa shape index (κ1) is 23.2. The Labute approximate surface area is 163 Å². The van der Waals surface area contributed by atoms with Gasteiger partial charge in [-0.2, -0.15) is 0 Å². The summed E-state index contributed by atoms with van der Waals surface area (Å²) in [5.74, 6) is 0. The van der Waals surface area contributed by atoms with Crippen LogP contribution in [0.2, 0.25) is 0 Å². The van der Waals surface area contributed by atoms with Crippen LogP contribution in [0.3, 0.4) is 0 Å². The van der Waals surface area contributed by atoms with Crippen LogP contribution in [0.15, 0.2) is 24.3 Å². The maximum Gasteiger partial charge on any atom is 0.0674 e. The van der Waals surface area contributed by atoms with E-state index in [2.05, 4.69) is 93.5 Å². The third-order valence-corrected chi connectivity index (χ3v) is 6.23. The number of ether oxygens (including phenoxy) is 1. The van der Waals surface area contributed by atoms with E-state index in [1.165, 1.54) is 30.4 Å². The van der Waals surface area contributed by atoms with Gasteiger partial charge in [0.1, 0.15) is 0 Å². The van der Waals surface area contributed by atoms with Crippen molar-refractivity contribution >= 4 is 0 Å². The lowest BCUT2D eigenvalue weighted by molar-refractivity contribution is -0.104. The Morgan fingerprint density at radius 3 is 1.81 bits per heavy atom. The summed E-state index contributed by atoms with van der Waals surface area (Å²) in [6, 6.07) is 9.25. The maximum absolute atomic E-state index is 6.37. The lowest BCUT2D eigenvalue weighted by Gasteiger charge is -2.41. The Hall–Kier alpha value is -0.820. The van der Waals surface area contributed by atoms with Crippen molar-refractivity contribution in [3.8, 4) is 0 Å². The van der Waals surface area contributed by atoms with Crippen LogP contribution in [0.1, 0.15) is 99.6 Å². The Morgan fingerprint density at radius 2 is 1.35 bits per heavy atom. The Kier molecular flexibility index (Phi) is 7.56. The van der Waals surface area contributed by atoms with Gasteiger partial charge in [-0.25, -0.2) is 0 Å². The van der Waals surface area contributed by atoms with Crippen molar-refractivity contribution in [2.45, 2.75) is 106 Å². The minimum atomic E-state index is -0.145. The second-order valence-electron chi connectivity index (χ2n) is 11.1. The molecular weight excluding hydrogens is 316 g/mol. The van der Waals surface area contributed by atoms with Crippen molar-refractivity contribution in [1.82, 2.24) is 0 Å². The molecule has 0 atom stereocenters. The molecule has 0 saturated carbocycles.